The number of hydrogen-bond donors (Lipinski definition) is 1. The lowest BCUT2D eigenvalue weighted by molar-refractivity contribution is 0.202. The number of fused-ring (bicyclic) bond motifs is 1. The van der Waals surface area contributed by atoms with Gasteiger partial charge in [0.25, 0.3) is 0 Å². The number of ether oxygens (including phenoxy) is 2. The van der Waals surface area contributed by atoms with Gasteiger partial charge in [0.1, 0.15) is 6.10 Å². The molecule has 0 spiro atoms. The van der Waals surface area contributed by atoms with Crippen LogP contribution in [0.2, 0.25) is 0 Å². The van der Waals surface area contributed by atoms with Crippen LogP contribution in [-0.2, 0) is 6.42 Å². The van der Waals surface area contributed by atoms with Crippen molar-refractivity contribution in [3.05, 3.63) is 23.8 Å². The zero-order valence-corrected chi connectivity index (χ0v) is 9.19. The van der Waals surface area contributed by atoms with Gasteiger partial charge in [-0.25, -0.2) is 0 Å². The summed E-state index contributed by atoms with van der Waals surface area (Å²) >= 11 is 0. The first-order chi connectivity index (χ1) is 7.20. The monoisotopic (exact) mass is 207 g/mol. The van der Waals surface area contributed by atoms with Gasteiger partial charge in [-0.15, -0.1) is 0 Å². The lowest BCUT2D eigenvalue weighted by Crippen LogP contribution is -2.24. The van der Waals surface area contributed by atoms with Crippen molar-refractivity contribution in [2.45, 2.75) is 32.5 Å². The van der Waals surface area contributed by atoms with Crippen LogP contribution >= 0.6 is 0 Å². The van der Waals surface area contributed by atoms with Crippen LogP contribution in [0.4, 0.5) is 0 Å². The Labute approximate surface area is 90.2 Å². The summed E-state index contributed by atoms with van der Waals surface area (Å²) in [6.07, 6.45) is 1.16. The zero-order chi connectivity index (χ0) is 10.8. The van der Waals surface area contributed by atoms with E-state index in [9.17, 15) is 0 Å². The van der Waals surface area contributed by atoms with Crippen LogP contribution in [0.5, 0.6) is 11.5 Å². The Morgan fingerprint density at radius 2 is 2.33 bits per heavy atom. The Morgan fingerprint density at radius 3 is 3.00 bits per heavy atom. The molecule has 0 bridgehead atoms. The smallest absolute Gasteiger partial charge is 0.165 e. The van der Waals surface area contributed by atoms with Crippen LogP contribution in [0.15, 0.2) is 18.2 Å². The van der Waals surface area contributed by atoms with Gasteiger partial charge in [0.15, 0.2) is 11.5 Å². The maximum atomic E-state index is 5.74. The second-order valence-electron chi connectivity index (χ2n) is 4.09. The zero-order valence-electron chi connectivity index (χ0n) is 9.19. The summed E-state index contributed by atoms with van der Waals surface area (Å²) in [5.41, 5.74) is 6.80. The third kappa shape index (κ3) is 2.07. The van der Waals surface area contributed by atoms with E-state index in [-0.39, 0.29) is 12.2 Å². The molecule has 0 saturated heterocycles. The van der Waals surface area contributed by atoms with Crippen molar-refractivity contribution in [1.82, 2.24) is 0 Å². The molecule has 1 aromatic rings. The van der Waals surface area contributed by atoms with Gasteiger partial charge in [-0.1, -0.05) is 12.1 Å². The van der Waals surface area contributed by atoms with E-state index in [0.717, 1.165) is 17.9 Å². The molecule has 1 aliphatic rings. The summed E-state index contributed by atoms with van der Waals surface area (Å²) in [6.45, 7) is 4.57. The molecule has 1 atom stereocenters. The second kappa shape index (κ2) is 4.11. The lowest BCUT2D eigenvalue weighted by atomic mass is 10.1. The summed E-state index contributed by atoms with van der Waals surface area (Å²) in [5.74, 6) is 1.71. The van der Waals surface area contributed by atoms with Gasteiger partial charge in [-0.2, -0.15) is 0 Å². The van der Waals surface area contributed by atoms with Gasteiger partial charge in [0.2, 0.25) is 0 Å². The molecule has 0 aliphatic carbocycles. The molecule has 2 N–H and O–H groups in total. The molecule has 1 aliphatic heterocycles. The summed E-state index contributed by atoms with van der Waals surface area (Å²) < 4.78 is 11.4. The third-order valence-electron chi connectivity index (χ3n) is 2.42. The van der Waals surface area contributed by atoms with Crippen LogP contribution in [0.25, 0.3) is 0 Å². The molecule has 0 amide bonds. The van der Waals surface area contributed by atoms with Gasteiger partial charge in [-0.05, 0) is 19.9 Å². The van der Waals surface area contributed by atoms with Gasteiger partial charge in [0, 0.05) is 18.5 Å². The van der Waals surface area contributed by atoms with Gasteiger partial charge < -0.3 is 15.2 Å². The maximum Gasteiger partial charge on any atom is 0.165 e. The molecule has 1 aromatic carbocycles. The van der Waals surface area contributed by atoms with Crippen LogP contribution in [0.1, 0.15) is 19.4 Å². The van der Waals surface area contributed by atoms with E-state index in [1.54, 1.807) is 0 Å². The molecule has 82 valence electrons. The van der Waals surface area contributed by atoms with E-state index < -0.39 is 0 Å². The van der Waals surface area contributed by atoms with Crippen LogP contribution in [0.3, 0.4) is 0 Å². The van der Waals surface area contributed by atoms with Crippen molar-refractivity contribution in [3.8, 4) is 11.5 Å². The minimum Gasteiger partial charge on any atom is -0.487 e. The van der Waals surface area contributed by atoms with E-state index in [1.807, 2.05) is 26.0 Å². The molecule has 0 saturated carbocycles. The molecule has 1 heterocycles. The van der Waals surface area contributed by atoms with Gasteiger partial charge in [-0.3, -0.25) is 0 Å². The summed E-state index contributed by atoms with van der Waals surface area (Å²) in [7, 11) is 0. The molecule has 0 radical (unpaired) electrons. The molecular weight excluding hydrogens is 190 g/mol. The standard InChI is InChI=1S/C12H17NO2/c1-8(2)14-11-5-3-4-9-6-10(7-13)15-12(9)11/h3-5,8,10H,6-7,13H2,1-2H3. The van der Waals surface area contributed by atoms with Gasteiger partial charge in [0.05, 0.1) is 6.10 Å². The predicted molar refractivity (Wildman–Crippen MR) is 59.4 cm³/mol. The van der Waals surface area contributed by atoms with Crippen molar-refractivity contribution >= 4 is 0 Å². The SMILES string of the molecule is CC(C)Oc1cccc2c1OC(CN)C2. The number of benzene rings is 1. The highest BCUT2D eigenvalue weighted by Crippen LogP contribution is 2.37. The quantitative estimate of drug-likeness (QED) is 0.821. The second-order valence-corrected chi connectivity index (χ2v) is 4.09. The Hall–Kier alpha value is -1.22. The average molecular weight is 207 g/mol. The van der Waals surface area contributed by atoms with Crippen LogP contribution in [-0.4, -0.2) is 18.8 Å². The summed E-state index contributed by atoms with van der Waals surface area (Å²) in [4.78, 5) is 0. The van der Waals surface area contributed by atoms with Crippen LogP contribution < -0.4 is 15.2 Å². The Morgan fingerprint density at radius 1 is 1.53 bits per heavy atom. The normalized spacial score (nSPS) is 18.8. The molecule has 0 aromatic heterocycles. The highest BCUT2D eigenvalue weighted by Gasteiger charge is 2.24. The van der Waals surface area contributed by atoms with E-state index in [2.05, 4.69) is 6.07 Å². The van der Waals surface area contributed by atoms with E-state index in [4.69, 9.17) is 15.2 Å². The van der Waals surface area contributed by atoms with Crippen molar-refractivity contribution in [1.29, 1.82) is 0 Å². The van der Waals surface area contributed by atoms with E-state index in [1.165, 1.54) is 5.56 Å². The number of nitrogens with two attached hydrogens (primary N) is 1. The van der Waals surface area contributed by atoms with Crippen molar-refractivity contribution < 1.29 is 9.47 Å². The molecule has 3 nitrogen and oxygen atoms in total. The lowest BCUT2D eigenvalue weighted by Gasteiger charge is -2.14. The highest BCUT2D eigenvalue weighted by atomic mass is 16.5. The third-order valence-corrected chi connectivity index (χ3v) is 2.42. The van der Waals surface area contributed by atoms with Crippen molar-refractivity contribution in [2.75, 3.05) is 6.54 Å². The Kier molecular flexibility index (Phi) is 2.82. The average Bonchev–Trinajstić information content (AvgIpc) is 2.61. The fraction of sp³-hybridized carbons (Fsp3) is 0.500. The molecule has 15 heavy (non-hydrogen) atoms. The Balaban J connectivity index is 2.25. The maximum absolute atomic E-state index is 5.74. The van der Waals surface area contributed by atoms with Crippen molar-refractivity contribution in [3.63, 3.8) is 0 Å². The first kappa shape index (κ1) is 10.3. The van der Waals surface area contributed by atoms with Gasteiger partial charge >= 0.3 is 0 Å². The topological polar surface area (TPSA) is 44.5 Å². The largest absolute Gasteiger partial charge is 0.487 e. The highest BCUT2D eigenvalue weighted by molar-refractivity contribution is 5.49. The molecule has 0 fully saturated rings. The fourth-order valence-electron chi connectivity index (χ4n) is 1.79. The first-order valence-corrected chi connectivity index (χ1v) is 5.36. The van der Waals surface area contributed by atoms with E-state index >= 15 is 0 Å². The van der Waals surface area contributed by atoms with E-state index in [0.29, 0.717) is 6.54 Å². The molecule has 2 rings (SSSR count). The minimum atomic E-state index is 0.108. The number of rotatable bonds is 3. The fourth-order valence-corrected chi connectivity index (χ4v) is 1.79. The molecular formula is C12H17NO2. The number of para-hydroxylation sites is 1. The number of hydrogen-bond acceptors (Lipinski definition) is 3. The molecule has 1 unspecified atom stereocenters. The first-order valence-electron chi connectivity index (χ1n) is 5.36. The van der Waals surface area contributed by atoms with Crippen molar-refractivity contribution in [2.24, 2.45) is 5.73 Å². The summed E-state index contributed by atoms with van der Waals surface area (Å²) in [5, 5.41) is 0. The minimum absolute atomic E-state index is 0.108. The Bertz CT molecular complexity index is 349. The molecule has 3 heteroatoms. The summed E-state index contributed by atoms with van der Waals surface area (Å²) in [6, 6.07) is 6.01. The predicted octanol–water partition coefficient (Wildman–Crippen LogP) is 1.74. The van der Waals surface area contributed by atoms with Crippen LogP contribution in [0, 0.1) is 0 Å².